The molecule has 0 bridgehead atoms. The minimum Gasteiger partial charge on any atom is -0.462 e. The maximum atomic E-state index is 12.8. The van der Waals surface area contributed by atoms with Crippen LogP contribution in [0.5, 0.6) is 0 Å². The SMILES string of the molecule is CC/C=C/C/C=C/C/C=C/C/C=C/C/C=C\C/C=C/CCC(=O)OC(COC(=O)CC/C=C/C/C=C/C/C=C/C/C=C/C/C=C/C/C=C/CC)COC(=O)CCCCCCCCCCCCCCC. The van der Waals surface area contributed by atoms with Gasteiger partial charge in [0.1, 0.15) is 13.2 Å². The summed E-state index contributed by atoms with van der Waals surface area (Å²) in [5.74, 6) is -1.12. The van der Waals surface area contributed by atoms with Crippen molar-refractivity contribution in [2.45, 2.75) is 219 Å². The average Bonchev–Trinajstić information content (AvgIpc) is 3.35. The molecule has 0 aliphatic carbocycles. The standard InChI is InChI=1S/C63H98O6/c1-4-7-10-13-16-19-22-25-27-29-31-33-35-38-41-44-47-50-53-56-62(65)68-59-60(58-67-61(64)55-52-49-46-43-40-37-24-21-18-15-12-9-6-3)69-63(66)57-54-51-48-45-42-39-36-34-32-30-28-26-23-20-17-14-11-8-5-2/h7-8,10-11,16-17,19-20,25-28,31-34,38-39,41-42,47-48,50-51,60H,4-6,9,12-15,18,21-24,29-30,35-37,40,43-46,49,52-59H2,1-3H3/b10-7+,11-8+,19-16+,20-17+,27-25+,28-26+,33-31+,34-32+,41-38+,42-39-,50-47+,51-48+. The van der Waals surface area contributed by atoms with Crippen LogP contribution >= 0.6 is 0 Å². The first kappa shape index (κ1) is 64.3. The number of hydrogen-bond donors (Lipinski definition) is 0. The van der Waals surface area contributed by atoms with E-state index in [0.29, 0.717) is 19.3 Å². The molecular weight excluding hydrogens is 853 g/mol. The highest BCUT2D eigenvalue weighted by Crippen LogP contribution is 2.14. The molecule has 0 N–H and O–H groups in total. The van der Waals surface area contributed by atoms with Crippen molar-refractivity contribution in [3.8, 4) is 0 Å². The number of rotatable bonds is 47. The van der Waals surface area contributed by atoms with Gasteiger partial charge in [0.2, 0.25) is 0 Å². The van der Waals surface area contributed by atoms with Crippen LogP contribution in [0, 0.1) is 0 Å². The molecule has 0 saturated carbocycles. The van der Waals surface area contributed by atoms with Crippen LogP contribution in [-0.4, -0.2) is 37.2 Å². The molecule has 0 spiro atoms. The van der Waals surface area contributed by atoms with Gasteiger partial charge in [0.15, 0.2) is 6.10 Å². The van der Waals surface area contributed by atoms with Crippen LogP contribution in [0.4, 0.5) is 0 Å². The molecule has 0 saturated heterocycles. The Morgan fingerprint density at radius 2 is 0.565 bits per heavy atom. The largest absolute Gasteiger partial charge is 0.462 e. The number of ether oxygens (including phenoxy) is 3. The zero-order chi connectivity index (χ0) is 50.0. The highest BCUT2D eigenvalue weighted by atomic mass is 16.6. The van der Waals surface area contributed by atoms with E-state index in [1.807, 2.05) is 24.3 Å². The van der Waals surface area contributed by atoms with Crippen molar-refractivity contribution in [2.75, 3.05) is 13.2 Å². The predicted octanol–water partition coefficient (Wildman–Crippen LogP) is 18.4. The third kappa shape index (κ3) is 54.1. The molecule has 0 amide bonds. The van der Waals surface area contributed by atoms with Gasteiger partial charge in [-0.05, 0) is 96.3 Å². The van der Waals surface area contributed by atoms with Crippen molar-refractivity contribution >= 4 is 17.9 Å². The maximum absolute atomic E-state index is 12.8. The van der Waals surface area contributed by atoms with Gasteiger partial charge < -0.3 is 14.2 Å². The van der Waals surface area contributed by atoms with Gasteiger partial charge in [0.05, 0.1) is 0 Å². The highest BCUT2D eigenvalue weighted by Gasteiger charge is 2.19. The highest BCUT2D eigenvalue weighted by molar-refractivity contribution is 5.71. The summed E-state index contributed by atoms with van der Waals surface area (Å²) in [6.07, 6.45) is 80.0. The number of allylic oxidation sites excluding steroid dienone is 24. The van der Waals surface area contributed by atoms with Crippen LogP contribution in [-0.2, 0) is 28.6 Å². The smallest absolute Gasteiger partial charge is 0.306 e. The molecule has 0 aliphatic heterocycles. The van der Waals surface area contributed by atoms with E-state index in [4.69, 9.17) is 14.2 Å². The Labute approximate surface area is 423 Å². The molecule has 0 aliphatic rings. The Kier molecular flexibility index (Phi) is 52.1. The Bertz CT molecular complexity index is 1560. The number of unbranched alkanes of at least 4 members (excludes halogenated alkanes) is 12. The van der Waals surface area contributed by atoms with Gasteiger partial charge >= 0.3 is 17.9 Å². The van der Waals surface area contributed by atoms with Gasteiger partial charge in [-0.25, -0.2) is 0 Å². The van der Waals surface area contributed by atoms with E-state index in [9.17, 15) is 14.4 Å². The van der Waals surface area contributed by atoms with Crippen LogP contribution in [0.3, 0.4) is 0 Å². The molecule has 0 rings (SSSR count). The van der Waals surface area contributed by atoms with E-state index >= 15 is 0 Å². The topological polar surface area (TPSA) is 78.9 Å². The van der Waals surface area contributed by atoms with E-state index in [0.717, 1.165) is 96.3 Å². The number of carbonyl (C=O) groups is 3. The molecule has 69 heavy (non-hydrogen) atoms. The van der Waals surface area contributed by atoms with E-state index in [1.54, 1.807) is 0 Å². The summed E-state index contributed by atoms with van der Waals surface area (Å²) in [6.45, 7) is 6.27. The Balaban J connectivity index is 4.64. The molecular formula is C63H98O6. The van der Waals surface area contributed by atoms with E-state index in [-0.39, 0.29) is 38.0 Å². The second-order valence-electron chi connectivity index (χ2n) is 17.4. The van der Waals surface area contributed by atoms with E-state index in [1.165, 1.54) is 64.2 Å². The van der Waals surface area contributed by atoms with Crippen molar-refractivity contribution in [2.24, 2.45) is 0 Å². The fraction of sp³-hybridized carbons (Fsp3) is 0.571. The van der Waals surface area contributed by atoms with E-state index in [2.05, 4.69) is 142 Å². The first-order valence-corrected chi connectivity index (χ1v) is 27.3. The summed E-state index contributed by atoms with van der Waals surface area (Å²) in [7, 11) is 0. The number of hydrogen-bond acceptors (Lipinski definition) is 6. The second kappa shape index (κ2) is 55.9. The van der Waals surface area contributed by atoms with Crippen molar-refractivity contribution in [1.82, 2.24) is 0 Å². The third-order valence-electron chi connectivity index (χ3n) is 10.9. The molecule has 1 unspecified atom stereocenters. The lowest BCUT2D eigenvalue weighted by Crippen LogP contribution is -2.30. The number of carbonyl (C=O) groups excluding carboxylic acids is 3. The summed E-state index contributed by atoms with van der Waals surface area (Å²) in [5.41, 5.74) is 0. The van der Waals surface area contributed by atoms with Gasteiger partial charge in [-0.1, -0.05) is 244 Å². The van der Waals surface area contributed by atoms with Crippen LogP contribution in [0.25, 0.3) is 0 Å². The fourth-order valence-electron chi connectivity index (χ4n) is 6.85. The average molecular weight is 951 g/mol. The molecule has 0 aromatic heterocycles. The summed E-state index contributed by atoms with van der Waals surface area (Å²) >= 11 is 0. The van der Waals surface area contributed by atoms with Crippen molar-refractivity contribution in [3.05, 3.63) is 146 Å². The Morgan fingerprint density at radius 1 is 0.304 bits per heavy atom. The molecule has 6 nitrogen and oxygen atoms in total. The van der Waals surface area contributed by atoms with Crippen molar-refractivity contribution < 1.29 is 28.6 Å². The quantitative estimate of drug-likeness (QED) is 0.0262. The van der Waals surface area contributed by atoms with Crippen LogP contribution < -0.4 is 0 Å². The molecule has 6 heteroatoms. The molecule has 0 radical (unpaired) electrons. The summed E-state index contributed by atoms with van der Waals surface area (Å²) in [6, 6.07) is 0. The predicted molar refractivity (Wildman–Crippen MR) is 297 cm³/mol. The lowest BCUT2D eigenvalue weighted by Gasteiger charge is -2.18. The third-order valence-corrected chi connectivity index (χ3v) is 10.9. The van der Waals surface area contributed by atoms with Crippen molar-refractivity contribution in [1.29, 1.82) is 0 Å². The minimum absolute atomic E-state index is 0.136. The molecule has 0 aromatic carbocycles. The molecule has 386 valence electrons. The lowest BCUT2D eigenvalue weighted by molar-refractivity contribution is -0.166. The first-order valence-electron chi connectivity index (χ1n) is 27.3. The Morgan fingerprint density at radius 3 is 0.884 bits per heavy atom. The molecule has 0 fully saturated rings. The van der Waals surface area contributed by atoms with Crippen molar-refractivity contribution in [3.63, 3.8) is 0 Å². The lowest BCUT2D eigenvalue weighted by atomic mass is 10.0. The van der Waals surface area contributed by atoms with Gasteiger partial charge in [-0.15, -0.1) is 0 Å². The summed E-state index contributed by atoms with van der Waals surface area (Å²) in [5, 5.41) is 0. The first-order chi connectivity index (χ1) is 34.0. The molecule has 0 aromatic rings. The van der Waals surface area contributed by atoms with Crippen LogP contribution in [0.2, 0.25) is 0 Å². The normalized spacial score (nSPS) is 13.3. The zero-order valence-corrected chi connectivity index (χ0v) is 44.0. The monoisotopic (exact) mass is 951 g/mol. The Hall–Kier alpha value is -4.71. The van der Waals surface area contributed by atoms with Crippen LogP contribution in [0.15, 0.2) is 146 Å². The minimum atomic E-state index is -0.854. The van der Waals surface area contributed by atoms with E-state index < -0.39 is 12.1 Å². The van der Waals surface area contributed by atoms with Gasteiger partial charge in [-0.2, -0.15) is 0 Å². The van der Waals surface area contributed by atoms with Gasteiger partial charge in [0, 0.05) is 19.3 Å². The van der Waals surface area contributed by atoms with Gasteiger partial charge in [0.25, 0.3) is 0 Å². The summed E-state index contributed by atoms with van der Waals surface area (Å²) < 4.78 is 16.7. The molecule has 0 heterocycles. The maximum Gasteiger partial charge on any atom is 0.306 e. The fourth-order valence-corrected chi connectivity index (χ4v) is 6.85. The summed E-state index contributed by atoms with van der Waals surface area (Å²) in [4.78, 5) is 38.0. The number of esters is 3. The zero-order valence-electron chi connectivity index (χ0n) is 44.0. The van der Waals surface area contributed by atoms with Crippen LogP contribution in [0.1, 0.15) is 213 Å². The van der Waals surface area contributed by atoms with Gasteiger partial charge in [-0.3, -0.25) is 14.4 Å². The second-order valence-corrected chi connectivity index (χ2v) is 17.4. The molecule has 1 atom stereocenters.